The van der Waals surface area contributed by atoms with Crippen LogP contribution in [0, 0.1) is 0 Å². The Balaban J connectivity index is 2.13. The lowest BCUT2D eigenvalue weighted by atomic mass is 10.2. The molecule has 3 amide bonds. The third-order valence-corrected chi connectivity index (χ3v) is 3.52. The van der Waals surface area contributed by atoms with E-state index in [9.17, 15) is 14.4 Å². The molecule has 1 fully saturated rings. The fraction of sp³-hybridized carbons (Fsp3) is 0.438. The van der Waals surface area contributed by atoms with Crippen molar-refractivity contribution in [3.63, 3.8) is 0 Å². The molecule has 0 bridgehead atoms. The van der Waals surface area contributed by atoms with Crippen molar-refractivity contribution < 1.29 is 19.1 Å². The number of anilines is 2. The van der Waals surface area contributed by atoms with E-state index < -0.39 is 0 Å². The van der Waals surface area contributed by atoms with E-state index in [4.69, 9.17) is 4.74 Å². The summed E-state index contributed by atoms with van der Waals surface area (Å²) in [6, 6.07) is 6.87. The first kappa shape index (κ1) is 17.0. The van der Waals surface area contributed by atoms with Gasteiger partial charge in [0, 0.05) is 38.3 Å². The molecule has 0 atom stereocenters. The average molecular weight is 319 g/mol. The standard InChI is InChI=1S/C16H21N3O4/c1-12(20)17-14-4-3-5-15(10-14)19(13(2)21)11-16(22)18-6-8-23-9-7-18/h3-5,10H,6-9,11H2,1-2H3,(H,17,20). The normalized spacial score (nSPS) is 14.3. The van der Waals surface area contributed by atoms with Gasteiger partial charge in [-0.1, -0.05) is 6.07 Å². The summed E-state index contributed by atoms with van der Waals surface area (Å²) in [6.45, 7) is 4.91. The lowest BCUT2D eigenvalue weighted by molar-refractivity contribution is -0.134. The van der Waals surface area contributed by atoms with Gasteiger partial charge in [0.2, 0.25) is 17.7 Å². The van der Waals surface area contributed by atoms with Crippen LogP contribution in [0.5, 0.6) is 0 Å². The molecule has 1 aliphatic rings. The maximum absolute atomic E-state index is 12.4. The van der Waals surface area contributed by atoms with Crippen LogP contribution in [0.3, 0.4) is 0 Å². The van der Waals surface area contributed by atoms with E-state index in [1.807, 2.05) is 0 Å². The lowest BCUT2D eigenvalue weighted by Crippen LogP contribution is -2.46. The Kier molecular flexibility index (Phi) is 5.70. The topological polar surface area (TPSA) is 79.0 Å². The van der Waals surface area contributed by atoms with Crippen molar-refractivity contribution in [2.24, 2.45) is 0 Å². The highest BCUT2D eigenvalue weighted by atomic mass is 16.5. The van der Waals surface area contributed by atoms with Gasteiger partial charge in [-0.25, -0.2) is 0 Å². The van der Waals surface area contributed by atoms with E-state index in [-0.39, 0.29) is 24.3 Å². The van der Waals surface area contributed by atoms with Crippen molar-refractivity contribution >= 4 is 29.1 Å². The predicted molar refractivity (Wildman–Crippen MR) is 86.2 cm³/mol. The third kappa shape index (κ3) is 4.79. The largest absolute Gasteiger partial charge is 0.378 e. The lowest BCUT2D eigenvalue weighted by Gasteiger charge is -2.29. The highest BCUT2D eigenvalue weighted by Crippen LogP contribution is 2.20. The molecule has 0 radical (unpaired) electrons. The number of rotatable bonds is 4. The SMILES string of the molecule is CC(=O)Nc1cccc(N(CC(=O)N2CCOCC2)C(C)=O)c1. The zero-order valence-corrected chi connectivity index (χ0v) is 13.4. The fourth-order valence-electron chi connectivity index (χ4n) is 2.39. The Labute approximate surface area is 135 Å². The minimum absolute atomic E-state index is 0.0289. The molecule has 2 rings (SSSR count). The van der Waals surface area contributed by atoms with Gasteiger partial charge >= 0.3 is 0 Å². The summed E-state index contributed by atoms with van der Waals surface area (Å²) in [6.07, 6.45) is 0. The number of hydrogen-bond acceptors (Lipinski definition) is 4. The monoisotopic (exact) mass is 319 g/mol. The van der Waals surface area contributed by atoms with Gasteiger partial charge in [-0.05, 0) is 18.2 Å². The number of morpholine rings is 1. The summed E-state index contributed by atoms with van der Waals surface area (Å²) in [5, 5.41) is 2.67. The number of carbonyl (C=O) groups is 3. The van der Waals surface area contributed by atoms with Gasteiger partial charge in [0.05, 0.1) is 13.2 Å². The highest BCUT2D eigenvalue weighted by molar-refractivity contribution is 5.98. The maximum Gasteiger partial charge on any atom is 0.242 e. The van der Waals surface area contributed by atoms with Gasteiger partial charge in [-0.3, -0.25) is 14.4 Å². The van der Waals surface area contributed by atoms with Crippen LogP contribution in [0.2, 0.25) is 0 Å². The van der Waals surface area contributed by atoms with Crippen LogP contribution < -0.4 is 10.2 Å². The van der Waals surface area contributed by atoms with Crippen molar-refractivity contribution in [3.8, 4) is 0 Å². The molecule has 0 spiro atoms. The van der Waals surface area contributed by atoms with Crippen LogP contribution in [0.1, 0.15) is 13.8 Å². The minimum Gasteiger partial charge on any atom is -0.378 e. The fourth-order valence-corrected chi connectivity index (χ4v) is 2.39. The van der Waals surface area contributed by atoms with Gasteiger partial charge in [0.1, 0.15) is 6.54 Å². The van der Waals surface area contributed by atoms with Crippen LogP contribution >= 0.6 is 0 Å². The van der Waals surface area contributed by atoms with Gasteiger partial charge in [0.15, 0.2) is 0 Å². The number of nitrogens with zero attached hydrogens (tertiary/aromatic N) is 2. The first-order chi connectivity index (χ1) is 11.0. The molecule has 0 aliphatic carbocycles. The molecular formula is C16H21N3O4. The summed E-state index contributed by atoms with van der Waals surface area (Å²) in [5.74, 6) is -0.541. The number of benzene rings is 1. The van der Waals surface area contributed by atoms with E-state index >= 15 is 0 Å². The van der Waals surface area contributed by atoms with Crippen LogP contribution in [0.4, 0.5) is 11.4 Å². The summed E-state index contributed by atoms with van der Waals surface area (Å²) in [7, 11) is 0. The quantitative estimate of drug-likeness (QED) is 0.892. The van der Waals surface area contributed by atoms with Crippen LogP contribution in [-0.2, 0) is 19.1 Å². The second-order valence-corrected chi connectivity index (χ2v) is 5.33. The molecule has 0 unspecified atom stereocenters. The first-order valence-corrected chi connectivity index (χ1v) is 7.48. The van der Waals surface area contributed by atoms with Gasteiger partial charge in [-0.15, -0.1) is 0 Å². The number of carbonyl (C=O) groups excluding carboxylic acids is 3. The number of hydrogen-bond donors (Lipinski definition) is 1. The average Bonchev–Trinajstić information content (AvgIpc) is 2.52. The molecule has 1 aliphatic heterocycles. The second kappa shape index (κ2) is 7.73. The van der Waals surface area contributed by atoms with Gasteiger partial charge in [-0.2, -0.15) is 0 Å². The Hall–Kier alpha value is -2.41. The Morgan fingerprint density at radius 3 is 2.52 bits per heavy atom. The summed E-state index contributed by atoms with van der Waals surface area (Å²) >= 11 is 0. The van der Waals surface area contributed by atoms with Crippen molar-refractivity contribution in [3.05, 3.63) is 24.3 Å². The number of ether oxygens (including phenoxy) is 1. The van der Waals surface area contributed by atoms with E-state index in [1.165, 1.54) is 18.7 Å². The molecule has 0 aromatic heterocycles. The highest BCUT2D eigenvalue weighted by Gasteiger charge is 2.22. The first-order valence-electron chi connectivity index (χ1n) is 7.48. The molecule has 1 aromatic carbocycles. The number of nitrogens with one attached hydrogen (secondary N) is 1. The molecule has 1 aromatic rings. The molecule has 1 saturated heterocycles. The Morgan fingerprint density at radius 2 is 1.91 bits per heavy atom. The molecule has 7 heteroatoms. The molecule has 23 heavy (non-hydrogen) atoms. The summed E-state index contributed by atoms with van der Waals surface area (Å²) in [5.41, 5.74) is 1.16. The molecule has 7 nitrogen and oxygen atoms in total. The van der Waals surface area contributed by atoms with Crippen molar-refractivity contribution in [1.82, 2.24) is 4.90 Å². The Bertz CT molecular complexity index is 597. The smallest absolute Gasteiger partial charge is 0.242 e. The van der Waals surface area contributed by atoms with Crippen LogP contribution in [-0.4, -0.2) is 55.5 Å². The van der Waals surface area contributed by atoms with Gasteiger partial charge in [0.25, 0.3) is 0 Å². The predicted octanol–water partition coefficient (Wildman–Crippen LogP) is 0.857. The minimum atomic E-state index is -0.230. The van der Waals surface area contributed by atoms with Crippen molar-refractivity contribution in [1.29, 1.82) is 0 Å². The van der Waals surface area contributed by atoms with E-state index in [2.05, 4.69) is 5.32 Å². The summed E-state index contributed by atoms with van der Waals surface area (Å²) < 4.78 is 5.23. The molecule has 1 N–H and O–H groups in total. The molecule has 0 saturated carbocycles. The zero-order valence-electron chi connectivity index (χ0n) is 13.4. The Morgan fingerprint density at radius 1 is 1.22 bits per heavy atom. The van der Waals surface area contributed by atoms with Crippen molar-refractivity contribution in [2.45, 2.75) is 13.8 Å². The number of amides is 3. The second-order valence-electron chi connectivity index (χ2n) is 5.33. The van der Waals surface area contributed by atoms with Gasteiger partial charge < -0.3 is 19.9 Å². The molecule has 1 heterocycles. The van der Waals surface area contributed by atoms with E-state index in [1.54, 1.807) is 29.2 Å². The van der Waals surface area contributed by atoms with E-state index in [0.717, 1.165) is 0 Å². The summed E-state index contributed by atoms with van der Waals surface area (Å²) in [4.78, 5) is 38.5. The molecular weight excluding hydrogens is 298 g/mol. The van der Waals surface area contributed by atoms with Crippen LogP contribution in [0.25, 0.3) is 0 Å². The van der Waals surface area contributed by atoms with Crippen LogP contribution in [0.15, 0.2) is 24.3 Å². The molecule has 124 valence electrons. The van der Waals surface area contributed by atoms with Crippen molar-refractivity contribution in [2.75, 3.05) is 43.1 Å². The third-order valence-electron chi connectivity index (χ3n) is 3.52. The maximum atomic E-state index is 12.4. The van der Waals surface area contributed by atoms with E-state index in [0.29, 0.717) is 37.7 Å². The zero-order chi connectivity index (χ0) is 16.8.